The molecule has 10 nitrogen and oxygen atoms in total. The zero-order valence-electron chi connectivity index (χ0n) is 22.8. The van der Waals surface area contributed by atoms with Crippen LogP contribution in [0.1, 0.15) is 29.5 Å². The summed E-state index contributed by atoms with van der Waals surface area (Å²) in [6.07, 6.45) is 2.61. The molecular weight excluding hydrogens is 496 g/mol. The van der Waals surface area contributed by atoms with Gasteiger partial charge in [-0.05, 0) is 57.1 Å². The van der Waals surface area contributed by atoms with Crippen molar-refractivity contribution in [3.05, 3.63) is 65.4 Å². The number of nitrogens with zero attached hydrogens (tertiary/aromatic N) is 1. The number of Topliss-reactive ketones (excluding diaryl/α,β-unsaturated/α-hetero) is 1. The number of H-pyrrole nitrogens is 1. The molecule has 3 aromatic rings. The third kappa shape index (κ3) is 8.08. The van der Waals surface area contributed by atoms with Crippen LogP contribution < -0.4 is 16.0 Å². The number of para-hydroxylation sites is 2. The van der Waals surface area contributed by atoms with Gasteiger partial charge in [0.2, 0.25) is 17.7 Å². The molecule has 10 heteroatoms. The highest BCUT2D eigenvalue weighted by molar-refractivity contribution is 6.26. The van der Waals surface area contributed by atoms with E-state index in [1.165, 1.54) is 0 Å². The quantitative estimate of drug-likeness (QED) is 0.215. The predicted molar refractivity (Wildman–Crippen MR) is 152 cm³/mol. The number of carbonyl (C=O) groups excluding carboxylic acids is 4. The second-order valence-corrected chi connectivity index (χ2v) is 9.89. The highest BCUT2D eigenvalue weighted by Crippen LogP contribution is 2.21. The van der Waals surface area contributed by atoms with Gasteiger partial charge in [-0.3, -0.25) is 19.2 Å². The molecule has 3 amide bonds. The highest BCUT2D eigenvalue weighted by atomic mass is 16.2. The van der Waals surface area contributed by atoms with Crippen molar-refractivity contribution in [2.75, 3.05) is 26.0 Å². The molecule has 0 spiro atoms. The number of aromatic nitrogens is 1. The molecule has 0 aliphatic heterocycles. The van der Waals surface area contributed by atoms with Crippen LogP contribution in [-0.4, -0.2) is 72.3 Å². The number of fused-ring (bicyclic) bond motifs is 1. The molecule has 3 rings (SSSR count). The molecule has 39 heavy (non-hydrogen) atoms. The second-order valence-electron chi connectivity index (χ2n) is 9.89. The number of ketones is 1. The normalized spacial score (nSPS) is 12.5. The van der Waals surface area contributed by atoms with Crippen LogP contribution in [0.25, 0.3) is 10.9 Å². The maximum atomic E-state index is 13.6. The number of aromatic amines is 1. The zero-order valence-corrected chi connectivity index (χ0v) is 22.8. The van der Waals surface area contributed by atoms with Gasteiger partial charge in [-0.1, -0.05) is 36.4 Å². The fourth-order valence-corrected chi connectivity index (χ4v) is 4.38. The Labute approximate surface area is 228 Å². The van der Waals surface area contributed by atoms with E-state index >= 15 is 0 Å². The average molecular weight is 533 g/mol. The van der Waals surface area contributed by atoms with Crippen LogP contribution in [0.5, 0.6) is 0 Å². The summed E-state index contributed by atoms with van der Waals surface area (Å²) in [5.74, 6) is -1.82. The monoisotopic (exact) mass is 532 g/mol. The Kier molecular flexibility index (Phi) is 10.1. The lowest BCUT2D eigenvalue weighted by atomic mass is 10.0. The van der Waals surface area contributed by atoms with Crippen molar-refractivity contribution in [2.45, 2.75) is 45.2 Å². The molecule has 0 fully saturated rings. The molecule has 0 aliphatic rings. The topological polar surface area (TPSA) is 147 Å². The molecule has 0 saturated heterocycles. The summed E-state index contributed by atoms with van der Waals surface area (Å²) >= 11 is 0. The number of hydrogen-bond acceptors (Lipinski definition) is 6. The lowest BCUT2D eigenvalue weighted by Gasteiger charge is -2.24. The van der Waals surface area contributed by atoms with Gasteiger partial charge in [0.05, 0.1) is 12.8 Å². The summed E-state index contributed by atoms with van der Waals surface area (Å²) in [6.45, 7) is 3.82. The Morgan fingerprint density at radius 1 is 0.949 bits per heavy atom. The fourth-order valence-electron chi connectivity index (χ4n) is 4.38. The van der Waals surface area contributed by atoms with Gasteiger partial charge >= 0.3 is 0 Å². The minimum Gasteiger partial charge on any atom is -0.361 e. The minimum absolute atomic E-state index is 0.00215. The molecule has 0 saturated carbocycles. The Bertz CT molecular complexity index is 1340. The number of carbonyl (C=O) groups is 4. The Balaban J connectivity index is 1.86. The molecule has 1 heterocycles. The van der Waals surface area contributed by atoms with Crippen molar-refractivity contribution < 1.29 is 19.2 Å². The Morgan fingerprint density at radius 3 is 2.31 bits per heavy atom. The van der Waals surface area contributed by atoms with Gasteiger partial charge in [-0.15, -0.1) is 0 Å². The summed E-state index contributed by atoms with van der Waals surface area (Å²) in [4.78, 5) is 56.3. The van der Waals surface area contributed by atoms with Crippen LogP contribution >= 0.6 is 0 Å². The Hall–Kier alpha value is -4.31. The van der Waals surface area contributed by atoms with Gasteiger partial charge in [0.25, 0.3) is 0 Å². The number of rotatable bonds is 13. The van der Waals surface area contributed by atoms with Crippen molar-refractivity contribution in [3.8, 4) is 0 Å². The van der Waals surface area contributed by atoms with Crippen molar-refractivity contribution in [1.82, 2.24) is 20.5 Å². The molecule has 1 aromatic heterocycles. The van der Waals surface area contributed by atoms with Crippen molar-refractivity contribution in [1.29, 1.82) is 5.41 Å². The van der Waals surface area contributed by atoms with E-state index in [1.807, 2.05) is 56.3 Å². The van der Waals surface area contributed by atoms with E-state index in [0.29, 0.717) is 11.9 Å². The van der Waals surface area contributed by atoms with E-state index in [9.17, 15) is 19.2 Å². The number of benzene rings is 2. The van der Waals surface area contributed by atoms with Crippen molar-refractivity contribution >= 4 is 46.3 Å². The summed E-state index contributed by atoms with van der Waals surface area (Å²) in [7, 11) is 3.51. The van der Waals surface area contributed by atoms with Crippen LogP contribution in [0.3, 0.4) is 0 Å². The van der Waals surface area contributed by atoms with E-state index in [4.69, 9.17) is 5.41 Å². The molecule has 0 radical (unpaired) electrons. The number of likely N-dealkylation sites (N-methyl/N-ethyl adjacent to an activating group) is 1. The van der Waals surface area contributed by atoms with Gasteiger partial charge in [0, 0.05) is 35.6 Å². The number of nitrogens with one attached hydrogen (secondary N) is 5. The van der Waals surface area contributed by atoms with Crippen molar-refractivity contribution in [2.24, 2.45) is 0 Å². The van der Waals surface area contributed by atoms with Crippen LogP contribution in [0.4, 0.5) is 5.69 Å². The third-order valence-corrected chi connectivity index (χ3v) is 6.41. The molecule has 2 atom stereocenters. The average Bonchev–Trinajstić information content (AvgIpc) is 3.30. The molecule has 5 N–H and O–H groups in total. The summed E-state index contributed by atoms with van der Waals surface area (Å²) in [5.41, 5.74) is 4.10. The van der Waals surface area contributed by atoms with Gasteiger partial charge in [-0.2, -0.15) is 0 Å². The lowest BCUT2D eigenvalue weighted by molar-refractivity contribution is -0.131. The molecular formula is C29H36N6O4. The smallest absolute Gasteiger partial charge is 0.246 e. The largest absolute Gasteiger partial charge is 0.361 e. The maximum absolute atomic E-state index is 13.6. The summed E-state index contributed by atoms with van der Waals surface area (Å²) < 4.78 is 0. The van der Waals surface area contributed by atoms with Crippen LogP contribution in [0.2, 0.25) is 0 Å². The SMILES string of the molecule is Cc1cccc(C)c1NC(=O)[C@H](CCC(=O)C=N)NC(=O)[C@H](Cc1c[nH]c2ccccc12)NC(=O)CN(C)C. The van der Waals surface area contributed by atoms with Crippen LogP contribution in [0.15, 0.2) is 48.7 Å². The summed E-state index contributed by atoms with van der Waals surface area (Å²) in [6, 6.07) is 11.2. The predicted octanol–water partition coefficient (Wildman–Crippen LogP) is 2.50. The standard InChI is InChI=1S/C29H36N6O4/c1-18-8-7-9-19(2)27(18)34-28(38)24(13-12-21(36)15-30)33-29(39)25(32-26(37)17-35(3)4)14-20-16-31-23-11-6-5-10-22(20)23/h5-11,15-16,24-25,30-31H,12-14,17H2,1-4H3,(H,32,37)(H,33,39)(H,34,38)/t24-,25-/m0/s1. The van der Waals surface area contributed by atoms with Crippen molar-refractivity contribution in [3.63, 3.8) is 0 Å². The summed E-state index contributed by atoms with van der Waals surface area (Å²) in [5, 5.41) is 16.6. The van der Waals surface area contributed by atoms with Gasteiger partial charge in [0.15, 0.2) is 5.78 Å². The fraction of sp³-hybridized carbons (Fsp3) is 0.345. The number of amides is 3. The molecule has 2 aromatic carbocycles. The minimum atomic E-state index is -1.06. The van der Waals surface area contributed by atoms with Gasteiger partial charge in [0.1, 0.15) is 12.1 Å². The number of aryl methyl sites for hydroxylation is 2. The third-order valence-electron chi connectivity index (χ3n) is 6.41. The van der Waals surface area contributed by atoms with E-state index < -0.39 is 29.7 Å². The van der Waals surface area contributed by atoms with E-state index in [2.05, 4.69) is 20.9 Å². The first-order valence-electron chi connectivity index (χ1n) is 12.8. The van der Waals surface area contributed by atoms with E-state index in [0.717, 1.165) is 27.6 Å². The first-order chi connectivity index (χ1) is 18.6. The van der Waals surface area contributed by atoms with Gasteiger partial charge < -0.3 is 31.2 Å². The molecule has 0 unspecified atom stereocenters. The Morgan fingerprint density at radius 2 is 1.64 bits per heavy atom. The second kappa shape index (κ2) is 13.5. The first kappa shape index (κ1) is 29.2. The van der Waals surface area contributed by atoms with Crippen LogP contribution in [0, 0.1) is 19.3 Å². The molecule has 206 valence electrons. The van der Waals surface area contributed by atoms with E-state index in [1.54, 1.807) is 25.2 Å². The zero-order chi connectivity index (χ0) is 28.5. The number of hydrogen-bond donors (Lipinski definition) is 5. The van der Waals surface area contributed by atoms with E-state index in [-0.39, 0.29) is 31.7 Å². The molecule has 0 aliphatic carbocycles. The highest BCUT2D eigenvalue weighted by Gasteiger charge is 2.28. The number of anilines is 1. The lowest BCUT2D eigenvalue weighted by Crippen LogP contribution is -2.54. The van der Waals surface area contributed by atoms with Crippen LogP contribution in [-0.2, 0) is 25.6 Å². The maximum Gasteiger partial charge on any atom is 0.246 e. The molecule has 0 bridgehead atoms. The first-order valence-corrected chi connectivity index (χ1v) is 12.8. The van der Waals surface area contributed by atoms with Gasteiger partial charge in [-0.25, -0.2) is 0 Å².